The molecule has 10 heteroatoms. The first-order valence-corrected chi connectivity index (χ1v) is 46.8. The Morgan fingerprint density at radius 1 is 0.144 bits per heavy atom. The summed E-state index contributed by atoms with van der Waals surface area (Å²) in [7, 11) is 0. The van der Waals surface area contributed by atoms with Gasteiger partial charge in [-0.2, -0.15) is 0 Å². The number of oxazole rings is 3. The van der Waals surface area contributed by atoms with Gasteiger partial charge in [0.1, 0.15) is 27.7 Å². The van der Waals surface area contributed by atoms with Gasteiger partial charge < -0.3 is 32.4 Å². The monoisotopic (exact) mass is 1780 g/mol. The van der Waals surface area contributed by atoms with Crippen LogP contribution in [0.15, 0.2) is 527 Å². The molecule has 4 aromatic heterocycles. The molecule has 0 bridgehead atoms. The van der Waals surface area contributed by atoms with Crippen molar-refractivity contribution in [1.29, 1.82) is 0 Å². The van der Waals surface area contributed by atoms with Gasteiger partial charge in [0.15, 0.2) is 16.7 Å². The first-order valence-electron chi connectivity index (χ1n) is 46.8. The van der Waals surface area contributed by atoms with Gasteiger partial charge in [-0.15, -0.1) is 0 Å². The van der Waals surface area contributed by atoms with Gasteiger partial charge in [0.05, 0.1) is 0 Å². The summed E-state index contributed by atoms with van der Waals surface area (Å²) in [6, 6.07) is 178. The minimum absolute atomic E-state index is 0.620. The van der Waals surface area contributed by atoms with Crippen LogP contribution in [0.3, 0.4) is 0 Å². The predicted octanol–water partition coefficient (Wildman–Crippen LogP) is 36.4. The quantitative estimate of drug-likeness (QED) is 0.0870. The van der Waals surface area contributed by atoms with Crippen LogP contribution in [0.4, 0.5) is 51.2 Å². The fraction of sp³-hybridized carbons (Fsp3) is 0. The molecule has 0 aliphatic rings. The van der Waals surface area contributed by atoms with E-state index in [1.165, 1.54) is 33.2 Å². The first kappa shape index (κ1) is 82.2. The molecule has 0 atom stereocenters. The standard InChI is InChI=1S/C45H28N2O2.C45H30N2O.C39H26N2O/c1-3-10-29(11-4-1)33-14-9-15-34(26-33)47(36-23-24-38-37-16-7-8-17-41(37)48-42(38)28-36)35-22-20-30-18-19-31-21-25-40-44(43(31)39(30)27-35)49-45(46-40)32-12-5-2-6-13-32;1-4-10-31(11-5-1)33-18-24-38(25-19-33)47(39-26-20-34(21-27-39)32-12-6-2-7-13-32)40-28-22-35-16-17-36-23-29-42-44(43(36)41(35)30-40)48-45(46-42)37-14-8-3-9-15-37;1-4-10-30(11-5-1)39-40-36-25-22-29-18-16-28-17-19-31(26-35(28)37(29)38(36)42-39)27-20-23-34(24-21-27)41(32-12-6-2-7-13-32)33-14-8-3-9-15-33/h1-28H;1-30H;1-26H. The van der Waals surface area contributed by atoms with Crippen molar-refractivity contribution in [1.82, 2.24) is 15.0 Å². The molecule has 27 rings (SSSR count). The Balaban J connectivity index is 0.000000111. The Kier molecular flexibility index (Phi) is 21.1. The Morgan fingerprint density at radius 2 is 0.396 bits per heavy atom. The predicted molar refractivity (Wildman–Crippen MR) is 576 cm³/mol. The van der Waals surface area contributed by atoms with E-state index in [2.05, 4.69) is 397 Å². The topological polar surface area (TPSA) is 101 Å². The maximum Gasteiger partial charge on any atom is 0.227 e. The molecule has 0 N–H and O–H groups in total. The van der Waals surface area contributed by atoms with Crippen molar-refractivity contribution in [2.75, 3.05) is 14.7 Å². The van der Waals surface area contributed by atoms with Crippen LogP contribution in [-0.2, 0) is 0 Å². The summed E-state index contributed by atoms with van der Waals surface area (Å²) in [5.41, 5.74) is 28.7. The highest BCUT2D eigenvalue weighted by molar-refractivity contribution is 6.22. The smallest absolute Gasteiger partial charge is 0.227 e. The Labute approximate surface area is 801 Å². The largest absolute Gasteiger partial charge is 0.456 e. The molecule has 0 unspecified atom stereocenters. The number of hydrogen-bond donors (Lipinski definition) is 0. The molecule has 0 amide bonds. The lowest BCUT2D eigenvalue weighted by Crippen LogP contribution is -2.10. The second kappa shape index (κ2) is 35.6. The van der Waals surface area contributed by atoms with Crippen LogP contribution in [0.2, 0.25) is 0 Å². The summed E-state index contributed by atoms with van der Waals surface area (Å²) < 4.78 is 25.9. The lowest BCUT2D eigenvalue weighted by Gasteiger charge is -2.26. The zero-order valence-electron chi connectivity index (χ0n) is 75.3. The van der Waals surface area contributed by atoms with Crippen LogP contribution in [0, 0.1) is 0 Å². The molecule has 0 saturated carbocycles. The zero-order chi connectivity index (χ0) is 92.1. The van der Waals surface area contributed by atoms with Gasteiger partial charge in [-0.1, -0.05) is 328 Å². The highest BCUT2D eigenvalue weighted by Crippen LogP contribution is 2.48. The van der Waals surface area contributed by atoms with Crippen molar-refractivity contribution < 1.29 is 17.7 Å². The third-order valence-electron chi connectivity index (χ3n) is 26.4. The molecule has 0 aliphatic heterocycles. The number of rotatable bonds is 16. The lowest BCUT2D eigenvalue weighted by molar-refractivity contribution is 0.623. The Hall–Kier alpha value is -18.8. The molecule has 0 aliphatic carbocycles. The summed E-state index contributed by atoms with van der Waals surface area (Å²) in [5, 5.41) is 15.6. The second-order valence-corrected chi connectivity index (χ2v) is 34.9. The molecular weight excluding hydrogens is 1700 g/mol. The van der Waals surface area contributed by atoms with Crippen molar-refractivity contribution in [2.45, 2.75) is 0 Å². The highest BCUT2D eigenvalue weighted by Gasteiger charge is 2.24. The van der Waals surface area contributed by atoms with E-state index in [-0.39, 0.29) is 0 Å². The van der Waals surface area contributed by atoms with E-state index in [0.29, 0.717) is 17.7 Å². The Morgan fingerprint density at radius 3 is 0.820 bits per heavy atom. The van der Waals surface area contributed by atoms with Crippen molar-refractivity contribution in [3.8, 4) is 78.9 Å². The third kappa shape index (κ3) is 15.8. The number of anilines is 9. The summed E-state index contributed by atoms with van der Waals surface area (Å²) >= 11 is 0. The second-order valence-electron chi connectivity index (χ2n) is 34.9. The van der Waals surface area contributed by atoms with Crippen molar-refractivity contribution in [3.05, 3.63) is 510 Å². The lowest BCUT2D eigenvalue weighted by atomic mass is 9.96. The van der Waals surface area contributed by atoms with Crippen molar-refractivity contribution >= 4 is 171 Å². The minimum Gasteiger partial charge on any atom is -0.456 e. The van der Waals surface area contributed by atoms with Gasteiger partial charge in [0, 0.05) is 101 Å². The van der Waals surface area contributed by atoms with Crippen molar-refractivity contribution in [2.24, 2.45) is 0 Å². The zero-order valence-corrected chi connectivity index (χ0v) is 75.3. The van der Waals surface area contributed by atoms with Crippen LogP contribution in [0.1, 0.15) is 0 Å². The number of furan rings is 1. The Bertz CT molecular complexity index is 9100. The van der Waals surface area contributed by atoms with E-state index in [0.717, 1.165) is 199 Å². The number of hydrogen-bond acceptors (Lipinski definition) is 10. The molecule has 0 radical (unpaired) electrons. The van der Waals surface area contributed by atoms with Crippen LogP contribution in [0.5, 0.6) is 0 Å². The van der Waals surface area contributed by atoms with Gasteiger partial charge >= 0.3 is 0 Å². The van der Waals surface area contributed by atoms with Crippen LogP contribution in [0.25, 0.3) is 199 Å². The van der Waals surface area contributed by atoms with Gasteiger partial charge in [0.2, 0.25) is 17.7 Å². The minimum atomic E-state index is 0.620. The van der Waals surface area contributed by atoms with E-state index in [4.69, 9.17) is 32.6 Å². The molecule has 139 heavy (non-hydrogen) atoms. The summed E-state index contributed by atoms with van der Waals surface area (Å²) in [6.45, 7) is 0. The van der Waals surface area contributed by atoms with Crippen LogP contribution >= 0.6 is 0 Å². The molecule has 0 saturated heterocycles. The SMILES string of the molecule is c1ccc(-c2ccc(N(c3ccc(-c4ccccc4)cc3)c3ccc4ccc5ccc6nc(-c7ccccc7)oc6c5c4c3)cc2)cc1.c1ccc(-c2cccc(N(c3ccc4c(c3)oc3ccccc34)c3ccc4ccc5ccc6nc(-c7ccccc7)oc6c5c4c3)c2)cc1.c1ccc(-c2nc3ccc4ccc5ccc(-c6ccc(N(c7ccccc7)c7ccccc7)cc6)cc5c4c3o2)cc1. The maximum absolute atomic E-state index is 6.55. The number of benzene rings is 23. The highest BCUT2D eigenvalue weighted by atomic mass is 16.4. The average Bonchev–Trinajstić information content (AvgIpc) is 1.69. The third-order valence-corrected chi connectivity index (χ3v) is 26.4. The van der Waals surface area contributed by atoms with Crippen LogP contribution < -0.4 is 14.7 Å². The summed E-state index contributed by atoms with van der Waals surface area (Å²) in [4.78, 5) is 21.5. The van der Waals surface area contributed by atoms with Gasteiger partial charge in [-0.3, -0.25) is 0 Å². The molecule has 10 nitrogen and oxygen atoms in total. The number of fused-ring (bicyclic) bond motifs is 18. The van der Waals surface area contributed by atoms with Crippen LogP contribution in [-0.4, -0.2) is 15.0 Å². The van der Waals surface area contributed by atoms with E-state index in [9.17, 15) is 0 Å². The maximum atomic E-state index is 6.55. The van der Waals surface area contributed by atoms with Crippen molar-refractivity contribution in [3.63, 3.8) is 0 Å². The summed E-state index contributed by atoms with van der Waals surface area (Å²) in [5.74, 6) is 1.89. The molecule has 0 spiro atoms. The van der Waals surface area contributed by atoms with E-state index in [1.54, 1.807) is 0 Å². The van der Waals surface area contributed by atoms with Gasteiger partial charge in [-0.25, -0.2) is 15.0 Å². The fourth-order valence-corrected chi connectivity index (χ4v) is 19.6. The van der Waals surface area contributed by atoms with Gasteiger partial charge in [0.25, 0.3) is 0 Å². The molecule has 0 fully saturated rings. The molecule has 4 heterocycles. The van der Waals surface area contributed by atoms with E-state index in [1.807, 2.05) is 127 Å². The number of nitrogens with zero attached hydrogens (tertiary/aromatic N) is 6. The molecular formula is C129H84N6O4. The number of aromatic nitrogens is 3. The summed E-state index contributed by atoms with van der Waals surface area (Å²) in [6.07, 6.45) is 0. The van der Waals surface area contributed by atoms with Gasteiger partial charge in [-0.05, 0) is 269 Å². The average molecular weight is 1780 g/mol. The number of para-hydroxylation sites is 3. The molecule has 654 valence electrons. The first-order chi connectivity index (χ1) is 68.9. The van der Waals surface area contributed by atoms with E-state index < -0.39 is 0 Å². The normalized spacial score (nSPS) is 11.5. The fourth-order valence-electron chi connectivity index (χ4n) is 19.6. The van der Waals surface area contributed by atoms with E-state index >= 15 is 0 Å². The molecule has 23 aromatic carbocycles. The molecule has 27 aromatic rings.